The lowest BCUT2D eigenvalue weighted by molar-refractivity contribution is -0.889. The number of hydrogen-bond acceptors (Lipinski definition) is 7. The number of carbonyl (C=O) groups excluding carboxylic acids is 3. The van der Waals surface area contributed by atoms with Gasteiger partial charge in [0.05, 0.1) is 40.3 Å². The summed E-state index contributed by atoms with van der Waals surface area (Å²) in [5.74, 6) is -1.72. The third-order valence-corrected chi connectivity index (χ3v) is 10.7. The number of nitrogens with zero attached hydrogens (tertiary/aromatic N) is 1. The van der Waals surface area contributed by atoms with Crippen LogP contribution in [0.1, 0.15) is 219 Å². The number of aliphatic carboxylic acids is 1. The SMILES string of the molecule is CCCCCCCC/C=C/CCCCCCCCCC(=O)OCC(COCCC(C(=O)[O-])[N+](C)(C)C)OC(=O)CCCCCCCCCCCCCCCC. The smallest absolute Gasteiger partial charge is 0.306 e. The zero-order chi connectivity index (χ0) is 40.7. The minimum absolute atomic E-state index is 0.0452. The van der Waals surface area contributed by atoms with Crippen LogP contribution in [-0.4, -0.2) is 75.5 Å². The van der Waals surface area contributed by atoms with Crippen LogP contribution in [0.5, 0.6) is 0 Å². The van der Waals surface area contributed by atoms with Gasteiger partial charge in [0.25, 0.3) is 0 Å². The van der Waals surface area contributed by atoms with Gasteiger partial charge in [0.1, 0.15) is 12.6 Å². The molecule has 2 unspecified atom stereocenters. The summed E-state index contributed by atoms with van der Waals surface area (Å²) < 4.78 is 17.2. The Balaban J connectivity index is 4.28. The molecule has 2 atom stereocenters. The number of quaternary nitrogens is 1. The second kappa shape index (κ2) is 38.9. The summed E-state index contributed by atoms with van der Waals surface area (Å²) in [6, 6.07) is -0.721. The van der Waals surface area contributed by atoms with E-state index in [2.05, 4.69) is 26.0 Å². The van der Waals surface area contributed by atoms with Crippen molar-refractivity contribution in [2.24, 2.45) is 0 Å². The van der Waals surface area contributed by atoms with E-state index in [1.165, 1.54) is 148 Å². The van der Waals surface area contributed by atoms with E-state index in [0.29, 0.717) is 12.8 Å². The lowest BCUT2D eigenvalue weighted by atomic mass is 10.0. The summed E-state index contributed by atoms with van der Waals surface area (Å²) in [5.41, 5.74) is 0. The molecular formula is C47H89NO7. The van der Waals surface area contributed by atoms with Crippen LogP contribution in [-0.2, 0) is 28.6 Å². The summed E-state index contributed by atoms with van der Waals surface area (Å²) in [6.45, 7) is 4.68. The normalized spacial score (nSPS) is 13.0. The molecule has 0 aromatic rings. The number of ether oxygens (including phenoxy) is 3. The first kappa shape index (κ1) is 53.1. The van der Waals surface area contributed by atoms with Crippen molar-refractivity contribution in [3.8, 4) is 0 Å². The van der Waals surface area contributed by atoms with Gasteiger partial charge in [0, 0.05) is 19.3 Å². The molecule has 0 aliphatic heterocycles. The third kappa shape index (κ3) is 37.4. The maximum absolute atomic E-state index is 12.7. The summed E-state index contributed by atoms with van der Waals surface area (Å²) >= 11 is 0. The highest BCUT2D eigenvalue weighted by molar-refractivity contribution is 5.70. The number of esters is 2. The Morgan fingerprint density at radius 3 is 1.31 bits per heavy atom. The molecule has 0 aromatic heterocycles. The van der Waals surface area contributed by atoms with E-state index >= 15 is 0 Å². The Morgan fingerprint density at radius 2 is 0.909 bits per heavy atom. The van der Waals surface area contributed by atoms with Gasteiger partial charge >= 0.3 is 11.9 Å². The highest BCUT2D eigenvalue weighted by atomic mass is 16.6. The van der Waals surface area contributed by atoms with Gasteiger partial charge in [-0.25, -0.2) is 0 Å². The zero-order valence-electron chi connectivity index (χ0n) is 36.9. The van der Waals surface area contributed by atoms with E-state index in [9.17, 15) is 19.5 Å². The Labute approximate surface area is 339 Å². The topological polar surface area (TPSA) is 102 Å². The molecular weight excluding hydrogens is 691 g/mol. The third-order valence-electron chi connectivity index (χ3n) is 10.7. The average Bonchev–Trinajstić information content (AvgIpc) is 3.14. The van der Waals surface area contributed by atoms with Crippen molar-refractivity contribution >= 4 is 17.9 Å². The zero-order valence-corrected chi connectivity index (χ0v) is 36.9. The maximum atomic E-state index is 12.7. The van der Waals surface area contributed by atoms with Gasteiger partial charge in [0.2, 0.25) is 0 Å². The van der Waals surface area contributed by atoms with Crippen molar-refractivity contribution in [2.75, 3.05) is 41.0 Å². The highest BCUT2D eigenvalue weighted by Crippen LogP contribution is 2.15. The van der Waals surface area contributed by atoms with Crippen LogP contribution in [0.3, 0.4) is 0 Å². The van der Waals surface area contributed by atoms with E-state index in [0.717, 1.165) is 38.5 Å². The molecule has 0 aliphatic carbocycles. The molecule has 324 valence electrons. The molecule has 0 spiro atoms. The summed E-state index contributed by atoms with van der Waals surface area (Å²) in [4.78, 5) is 36.9. The second-order valence-corrected chi connectivity index (χ2v) is 17.0. The van der Waals surface area contributed by atoms with E-state index < -0.39 is 18.1 Å². The number of unbranched alkanes of at least 4 members (excludes halogenated alkanes) is 26. The molecule has 0 amide bonds. The first-order valence-electron chi connectivity index (χ1n) is 23.2. The van der Waals surface area contributed by atoms with Crippen LogP contribution < -0.4 is 5.11 Å². The first-order valence-corrected chi connectivity index (χ1v) is 23.2. The molecule has 8 heteroatoms. The van der Waals surface area contributed by atoms with Gasteiger partial charge in [-0.1, -0.05) is 174 Å². The van der Waals surface area contributed by atoms with Crippen molar-refractivity contribution in [1.29, 1.82) is 0 Å². The second-order valence-electron chi connectivity index (χ2n) is 17.0. The van der Waals surface area contributed by atoms with E-state index in [4.69, 9.17) is 14.2 Å². The Kier molecular flexibility index (Phi) is 37.6. The molecule has 0 aromatic carbocycles. The number of carboxylic acids is 1. The largest absolute Gasteiger partial charge is 0.544 e. The first-order chi connectivity index (χ1) is 26.6. The molecule has 0 heterocycles. The number of carboxylic acid groups (broad SMARTS) is 1. The van der Waals surface area contributed by atoms with Crippen molar-refractivity contribution in [1.82, 2.24) is 0 Å². The number of hydrogen-bond donors (Lipinski definition) is 0. The highest BCUT2D eigenvalue weighted by Gasteiger charge is 2.25. The van der Waals surface area contributed by atoms with E-state index in [1.54, 1.807) is 21.1 Å². The Morgan fingerprint density at radius 1 is 0.527 bits per heavy atom. The molecule has 0 rings (SSSR count). The number of carbonyl (C=O) groups is 3. The number of likely N-dealkylation sites (N-methyl/N-ethyl adjacent to an activating group) is 1. The van der Waals surface area contributed by atoms with Gasteiger partial charge in [-0.05, 0) is 38.5 Å². The number of allylic oxidation sites excluding steroid dienone is 2. The van der Waals surface area contributed by atoms with E-state index in [1.807, 2.05) is 0 Å². The molecule has 0 saturated carbocycles. The van der Waals surface area contributed by atoms with Crippen LogP contribution in [0, 0.1) is 0 Å². The Hall–Kier alpha value is -1.93. The molecule has 0 saturated heterocycles. The lowest BCUT2D eigenvalue weighted by Crippen LogP contribution is -2.55. The quantitative estimate of drug-likeness (QED) is 0.0263. The molecule has 0 fully saturated rings. The lowest BCUT2D eigenvalue weighted by Gasteiger charge is -2.34. The monoisotopic (exact) mass is 780 g/mol. The summed E-state index contributed by atoms with van der Waals surface area (Å²) in [7, 11) is 5.42. The van der Waals surface area contributed by atoms with Crippen molar-refractivity contribution in [3.05, 3.63) is 12.2 Å². The van der Waals surface area contributed by atoms with Crippen LogP contribution >= 0.6 is 0 Å². The average molecular weight is 780 g/mol. The standard InChI is InChI=1S/C47H89NO7/c1-6-8-10-12-14-16-18-20-22-23-24-26-27-29-31-33-35-37-45(49)54-42-43(41-53-40-39-44(47(51)52)48(3,4)5)55-46(50)38-36-34-32-30-28-25-21-19-17-15-13-11-9-7-2/h20,22,43-44H,6-19,21,23-42H2,1-5H3/b22-20+. The molecule has 0 aliphatic rings. The molecule has 0 radical (unpaired) electrons. The summed E-state index contributed by atoms with van der Waals surface area (Å²) in [5, 5.41) is 11.6. The molecule has 8 nitrogen and oxygen atoms in total. The van der Waals surface area contributed by atoms with Gasteiger partial charge < -0.3 is 28.6 Å². The van der Waals surface area contributed by atoms with Crippen molar-refractivity contribution in [2.45, 2.75) is 231 Å². The van der Waals surface area contributed by atoms with Crippen LogP contribution in [0.2, 0.25) is 0 Å². The Bertz CT molecular complexity index is 915. The van der Waals surface area contributed by atoms with Crippen molar-refractivity contribution < 1.29 is 38.2 Å². The fourth-order valence-electron chi connectivity index (χ4n) is 7.01. The van der Waals surface area contributed by atoms with Gasteiger partial charge in [0.15, 0.2) is 6.10 Å². The molecule has 0 bridgehead atoms. The fraction of sp³-hybridized carbons (Fsp3) is 0.894. The minimum atomic E-state index is -1.12. The number of rotatable bonds is 42. The van der Waals surface area contributed by atoms with Gasteiger partial charge in [-0.15, -0.1) is 0 Å². The van der Waals surface area contributed by atoms with Crippen molar-refractivity contribution in [3.63, 3.8) is 0 Å². The molecule has 0 N–H and O–H groups in total. The van der Waals surface area contributed by atoms with Gasteiger partial charge in [-0.2, -0.15) is 0 Å². The minimum Gasteiger partial charge on any atom is -0.544 e. The fourth-order valence-corrected chi connectivity index (χ4v) is 7.01. The maximum Gasteiger partial charge on any atom is 0.306 e. The summed E-state index contributed by atoms with van der Waals surface area (Å²) in [6.07, 6.45) is 40.8. The predicted octanol–water partition coefficient (Wildman–Crippen LogP) is 11.4. The van der Waals surface area contributed by atoms with Crippen LogP contribution in [0.25, 0.3) is 0 Å². The molecule has 55 heavy (non-hydrogen) atoms. The van der Waals surface area contributed by atoms with Crippen LogP contribution in [0.15, 0.2) is 12.2 Å². The van der Waals surface area contributed by atoms with Crippen LogP contribution in [0.4, 0.5) is 0 Å². The van der Waals surface area contributed by atoms with E-state index in [-0.39, 0.29) is 42.7 Å². The predicted molar refractivity (Wildman–Crippen MR) is 227 cm³/mol. The van der Waals surface area contributed by atoms with Gasteiger partial charge in [-0.3, -0.25) is 9.59 Å².